The van der Waals surface area contributed by atoms with Gasteiger partial charge >= 0.3 is 11.7 Å². The van der Waals surface area contributed by atoms with Crippen LogP contribution in [0.4, 0.5) is 0 Å². The Morgan fingerprint density at radius 2 is 1.91 bits per heavy atom. The summed E-state index contributed by atoms with van der Waals surface area (Å²) >= 11 is 0. The van der Waals surface area contributed by atoms with Crippen LogP contribution >= 0.6 is 0 Å². The van der Waals surface area contributed by atoms with Gasteiger partial charge in [-0.3, -0.25) is 23.9 Å². The number of aromatic amines is 1. The molecule has 0 atom stereocenters. The molecule has 4 rings (SSSR count). The molecule has 35 heavy (non-hydrogen) atoms. The number of nitrogens with zero attached hydrogens (tertiary/aromatic N) is 5. The van der Waals surface area contributed by atoms with Gasteiger partial charge in [0.1, 0.15) is 12.4 Å². The minimum atomic E-state index is -0.561. The Labute approximate surface area is 201 Å². The number of fused-ring (bicyclic) bond motifs is 1. The average molecular weight is 481 g/mol. The number of rotatable bonds is 9. The van der Waals surface area contributed by atoms with Gasteiger partial charge in [-0.2, -0.15) is 5.10 Å². The van der Waals surface area contributed by atoms with E-state index in [1.807, 2.05) is 37.3 Å². The maximum Gasteiger partial charge on any atom is 0.330 e. The molecule has 1 N–H and O–H groups in total. The summed E-state index contributed by atoms with van der Waals surface area (Å²) in [5.74, 6) is -0.478. The van der Waals surface area contributed by atoms with Gasteiger partial charge in [0.05, 0.1) is 18.7 Å². The molecule has 0 aliphatic carbocycles. The number of carbonyl (C=O) groups excluding carboxylic acids is 2. The lowest BCUT2D eigenvalue weighted by atomic mass is 10.1. The number of H-pyrrole nitrogens is 1. The van der Waals surface area contributed by atoms with Crippen LogP contribution in [0.1, 0.15) is 50.4 Å². The van der Waals surface area contributed by atoms with Crippen molar-refractivity contribution in [2.24, 2.45) is 12.1 Å². The second-order valence-electron chi connectivity index (χ2n) is 8.36. The lowest BCUT2D eigenvalue weighted by Crippen LogP contribution is -2.31. The third-order valence-electron chi connectivity index (χ3n) is 5.94. The van der Waals surface area contributed by atoms with Crippen molar-refractivity contribution in [2.45, 2.75) is 52.2 Å². The van der Waals surface area contributed by atoms with E-state index in [9.17, 15) is 19.2 Å². The summed E-state index contributed by atoms with van der Waals surface area (Å²) in [4.78, 5) is 56.0. The van der Waals surface area contributed by atoms with Crippen LogP contribution in [0.5, 0.6) is 0 Å². The molecule has 1 aromatic carbocycles. The van der Waals surface area contributed by atoms with Crippen LogP contribution in [-0.2, 0) is 34.5 Å². The maximum atomic E-state index is 12.5. The van der Waals surface area contributed by atoms with E-state index in [0.29, 0.717) is 25.3 Å². The number of unbranched alkanes of at least 4 members (excludes halogenated alkanes) is 1. The third kappa shape index (κ3) is 5.23. The number of esters is 1. The highest BCUT2D eigenvalue weighted by Gasteiger charge is 2.23. The van der Waals surface area contributed by atoms with Crippen LogP contribution in [0.15, 0.2) is 45.0 Å². The fourth-order valence-corrected chi connectivity index (χ4v) is 3.97. The first kappa shape index (κ1) is 24.1. The van der Waals surface area contributed by atoms with Crippen LogP contribution in [0.2, 0.25) is 0 Å². The SMILES string of the molecule is CCCCn1c(=O)[nH]c(=O)c2c1nc(COC(=O)CCC(=O)N1CCC(c3ccccc3)=N1)n2C. The molecular formula is C24H28N6O5. The van der Waals surface area contributed by atoms with E-state index in [2.05, 4.69) is 15.1 Å². The Bertz CT molecular complexity index is 1390. The zero-order valence-corrected chi connectivity index (χ0v) is 19.8. The first-order valence-corrected chi connectivity index (χ1v) is 11.7. The van der Waals surface area contributed by atoms with Gasteiger partial charge in [-0.1, -0.05) is 43.7 Å². The molecule has 0 saturated heterocycles. The highest BCUT2D eigenvalue weighted by atomic mass is 16.5. The number of hydrogen-bond donors (Lipinski definition) is 1. The summed E-state index contributed by atoms with van der Waals surface area (Å²) < 4.78 is 8.24. The molecule has 11 heteroatoms. The fourth-order valence-electron chi connectivity index (χ4n) is 3.97. The van der Waals surface area contributed by atoms with Gasteiger partial charge < -0.3 is 9.30 Å². The van der Waals surface area contributed by atoms with Gasteiger partial charge in [-0.05, 0) is 12.0 Å². The van der Waals surface area contributed by atoms with Crippen LogP contribution in [0.25, 0.3) is 11.2 Å². The number of carbonyl (C=O) groups is 2. The molecular weight excluding hydrogens is 452 g/mol. The zero-order chi connectivity index (χ0) is 24.9. The first-order chi connectivity index (χ1) is 16.9. The molecule has 0 saturated carbocycles. The van der Waals surface area contributed by atoms with Gasteiger partial charge in [-0.15, -0.1) is 0 Å². The minimum absolute atomic E-state index is 0.0246. The van der Waals surface area contributed by atoms with Crippen molar-refractivity contribution in [3.63, 3.8) is 0 Å². The molecule has 1 amide bonds. The van der Waals surface area contributed by atoms with Gasteiger partial charge in [0.25, 0.3) is 5.56 Å². The Morgan fingerprint density at radius 1 is 1.14 bits per heavy atom. The van der Waals surface area contributed by atoms with Crippen molar-refractivity contribution in [1.29, 1.82) is 0 Å². The number of benzene rings is 1. The van der Waals surface area contributed by atoms with Crippen LogP contribution in [0, 0.1) is 0 Å². The quantitative estimate of drug-likeness (QED) is 0.464. The molecule has 3 aromatic rings. The van der Waals surface area contributed by atoms with E-state index in [1.54, 1.807) is 7.05 Å². The number of aromatic nitrogens is 4. The van der Waals surface area contributed by atoms with Crippen molar-refractivity contribution in [3.05, 3.63) is 62.6 Å². The van der Waals surface area contributed by atoms with Crippen molar-refractivity contribution < 1.29 is 14.3 Å². The molecule has 184 valence electrons. The van der Waals surface area contributed by atoms with Crippen molar-refractivity contribution >= 4 is 28.8 Å². The Balaban J connectivity index is 1.36. The van der Waals surface area contributed by atoms with Crippen LogP contribution < -0.4 is 11.2 Å². The number of nitrogens with one attached hydrogen (secondary N) is 1. The molecule has 2 aromatic heterocycles. The number of hydrazone groups is 1. The predicted octanol–water partition coefficient (Wildman–Crippen LogP) is 1.68. The molecule has 11 nitrogen and oxygen atoms in total. The van der Waals surface area contributed by atoms with Crippen molar-refractivity contribution in [1.82, 2.24) is 24.1 Å². The van der Waals surface area contributed by atoms with E-state index >= 15 is 0 Å². The van der Waals surface area contributed by atoms with Crippen LogP contribution in [0.3, 0.4) is 0 Å². The molecule has 1 aliphatic rings. The summed E-state index contributed by atoms with van der Waals surface area (Å²) in [6.07, 6.45) is 2.17. The third-order valence-corrected chi connectivity index (χ3v) is 5.94. The van der Waals surface area contributed by atoms with E-state index in [4.69, 9.17) is 4.74 Å². The smallest absolute Gasteiger partial charge is 0.330 e. The molecule has 3 heterocycles. The highest BCUT2D eigenvalue weighted by Crippen LogP contribution is 2.16. The summed E-state index contributed by atoms with van der Waals surface area (Å²) in [6, 6.07) is 9.65. The topological polar surface area (TPSA) is 132 Å². The van der Waals surface area contributed by atoms with E-state index in [0.717, 1.165) is 24.1 Å². The summed E-state index contributed by atoms with van der Waals surface area (Å²) in [5, 5.41) is 5.78. The van der Waals surface area contributed by atoms with E-state index in [-0.39, 0.29) is 36.5 Å². The monoisotopic (exact) mass is 480 g/mol. The Kier molecular flexibility index (Phi) is 7.23. The number of ether oxygens (including phenoxy) is 1. The normalized spacial score (nSPS) is 13.3. The fraction of sp³-hybridized carbons (Fsp3) is 0.417. The van der Waals surface area contributed by atoms with Gasteiger partial charge in [0.15, 0.2) is 11.2 Å². The van der Waals surface area contributed by atoms with Gasteiger partial charge in [0, 0.05) is 26.4 Å². The first-order valence-electron chi connectivity index (χ1n) is 11.7. The van der Waals surface area contributed by atoms with E-state index in [1.165, 1.54) is 14.1 Å². The minimum Gasteiger partial charge on any atom is -0.457 e. The number of hydrogen-bond acceptors (Lipinski definition) is 7. The number of imidazole rings is 1. The molecule has 0 unspecified atom stereocenters. The van der Waals surface area contributed by atoms with Gasteiger partial charge in [-0.25, -0.2) is 14.8 Å². The second kappa shape index (κ2) is 10.5. The average Bonchev–Trinajstić information content (AvgIpc) is 3.47. The zero-order valence-electron chi connectivity index (χ0n) is 19.8. The van der Waals surface area contributed by atoms with Gasteiger partial charge in [0.2, 0.25) is 5.91 Å². The summed E-state index contributed by atoms with van der Waals surface area (Å²) in [5.41, 5.74) is 1.26. The molecule has 0 fully saturated rings. The molecule has 0 radical (unpaired) electrons. The second-order valence-corrected chi connectivity index (χ2v) is 8.36. The van der Waals surface area contributed by atoms with Crippen molar-refractivity contribution in [3.8, 4) is 0 Å². The Hall–Kier alpha value is -4.02. The largest absolute Gasteiger partial charge is 0.457 e. The Morgan fingerprint density at radius 3 is 2.66 bits per heavy atom. The predicted molar refractivity (Wildman–Crippen MR) is 129 cm³/mol. The van der Waals surface area contributed by atoms with Crippen molar-refractivity contribution in [2.75, 3.05) is 6.54 Å². The van der Waals surface area contributed by atoms with E-state index < -0.39 is 17.2 Å². The molecule has 0 bridgehead atoms. The standard InChI is InChI=1S/C24H28N6O5/c1-3-4-13-29-22-21(23(33)26-24(29)34)28(2)18(25-22)15-35-20(32)11-10-19(31)30-14-12-17(27-30)16-8-6-5-7-9-16/h5-9H,3-4,10-15H2,1-2H3,(H,26,33,34). The number of aryl methyl sites for hydroxylation is 2. The summed E-state index contributed by atoms with van der Waals surface area (Å²) in [7, 11) is 1.63. The lowest BCUT2D eigenvalue weighted by Gasteiger charge is -2.11. The van der Waals surface area contributed by atoms with Crippen LogP contribution in [-0.4, -0.2) is 48.2 Å². The lowest BCUT2D eigenvalue weighted by molar-refractivity contribution is -0.147. The highest BCUT2D eigenvalue weighted by molar-refractivity contribution is 6.02. The molecule has 1 aliphatic heterocycles. The maximum absolute atomic E-state index is 12.5. The molecule has 0 spiro atoms. The number of amides is 1. The summed E-state index contributed by atoms with van der Waals surface area (Å²) in [6.45, 7) is 2.72.